The molecule has 20 heavy (non-hydrogen) atoms. The van der Waals surface area contributed by atoms with E-state index in [1.807, 2.05) is 0 Å². The highest BCUT2D eigenvalue weighted by Crippen LogP contribution is 2.58. The first-order valence-corrected chi connectivity index (χ1v) is 9.29. The SMILES string of the molecule is CCCC1(CC)c2ccc(Br)cc2C(CC)(CC)N1Br. The van der Waals surface area contributed by atoms with Crippen molar-refractivity contribution in [3.63, 3.8) is 0 Å². The minimum Gasteiger partial charge on any atom is -0.221 e. The lowest BCUT2D eigenvalue weighted by atomic mass is 9.82. The second-order valence-electron chi connectivity index (χ2n) is 5.84. The molecular weight excluding hydrogens is 378 g/mol. The lowest BCUT2D eigenvalue weighted by Gasteiger charge is -2.43. The van der Waals surface area contributed by atoms with E-state index in [2.05, 4.69) is 81.9 Å². The van der Waals surface area contributed by atoms with Crippen molar-refractivity contribution in [2.24, 2.45) is 0 Å². The van der Waals surface area contributed by atoms with Crippen LogP contribution in [0.5, 0.6) is 0 Å². The van der Waals surface area contributed by atoms with Gasteiger partial charge in [-0.1, -0.05) is 56.1 Å². The number of halogens is 2. The molecule has 0 N–H and O–H groups in total. The van der Waals surface area contributed by atoms with Crippen molar-refractivity contribution >= 4 is 32.1 Å². The van der Waals surface area contributed by atoms with Crippen molar-refractivity contribution in [3.05, 3.63) is 33.8 Å². The Bertz CT molecular complexity index is 482. The van der Waals surface area contributed by atoms with Gasteiger partial charge in [0.15, 0.2) is 0 Å². The molecule has 3 heteroatoms. The van der Waals surface area contributed by atoms with E-state index >= 15 is 0 Å². The molecule has 0 aromatic heterocycles. The average Bonchev–Trinajstić information content (AvgIpc) is 2.66. The van der Waals surface area contributed by atoms with Crippen molar-refractivity contribution in [2.45, 2.75) is 70.9 Å². The summed E-state index contributed by atoms with van der Waals surface area (Å²) in [5.41, 5.74) is 3.27. The predicted molar refractivity (Wildman–Crippen MR) is 94.0 cm³/mol. The quantitative estimate of drug-likeness (QED) is 0.508. The van der Waals surface area contributed by atoms with E-state index in [1.165, 1.54) is 28.4 Å². The number of rotatable bonds is 5. The highest BCUT2D eigenvalue weighted by atomic mass is 79.9. The van der Waals surface area contributed by atoms with Crippen LogP contribution in [0.3, 0.4) is 0 Å². The fraction of sp³-hybridized carbons (Fsp3) is 0.647. The molecule has 1 heterocycles. The third-order valence-corrected chi connectivity index (χ3v) is 7.01. The van der Waals surface area contributed by atoms with Gasteiger partial charge in [0.05, 0.1) is 11.1 Å². The minimum absolute atomic E-state index is 0.115. The van der Waals surface area contributed by atoms with E-state index in [0.29, 0.717) is 0 Å². The molecule has 0 saturated heterocycles. The van der Waals surface area contributed by atoms with Crippen molar-refractivity contribution in [2.75, 3.05) is 0 Å². The topological polar surface area (TPSA) is 3.24 Å². The molecule has 0 fully saturated rings. The van der Waals surface area contributed by atoms with E-state index in [0.717, 1.165) is 19.3 Å². The Hall–Kier alpha value is 0.140. The van der Waals surface area contributed by atoms with Crippen LogP contribution in [-0.2, 0) is 11.1 Å². The van der Waals surface area contributed by atoms with E-state index in [-0.39, 0.29) is 11.1 Å². The Balaban J connectivity index is 2.72. The Morgan fingerprint density at radius 1 is 0.950 bits per heavy atom. The summed E-state index contributed by atoms with van der Waals surface area (Å²) in [5, 5.41) is 0. The third-order valence-electron chi connectivity index (χ3n) is 5.15. The number of nitrogens with zero attached hydrogens (tertiary/aromatic N) is 1. The Kier molecular flexibility index (Phi) is 5.03. The molecule has 0 amide bonds. The van der Waals surface area contributed by atoms with Crippen LogP contribution >= 0.6 is 32.1 Å². The second kappa shape index (κ2) is 6.10. The lowest BCUT2D eigenvalue weighted by Crippen LogP contribution is -2.44. The van der Waals surface area contributed by atoms with Gasteiger partial charge in [0.2, 0.25) is 0 Å². The van der Waals surface area contributed by atoms with Gasteiger partial charge in [-0.2, -0.15) is 0 Å². The van der Waals surface area contributed by atoms with Gasteiger partial charge >= 0.3 is 0 Å². The summed E-state index contributed by atoms with van der Waals surface area (Å²) in [6.45, 7) is 9.21. The molecule has 0 radical (unpaired) electrons. The van der Waals surface area contributed by atoms with E-state index < -0.39 is 0 Å². The van der Waals surface area contributed by atoms with Gasteiger partial charge in [-0.25, -0.2) is 3.93 Å². The molecule has 2 rings (SSSR count). The maximum absolute atomic E-state index is 3.99. The first-order valence-electron chi connectivity index (χ1n) is 7.79. The van der Waals surface area contributed by atoms with Crippen LogP contribution in [0.2, 0.25) is 0 Å². The van der Waals surface area contributed by atoms with Gasteiger partial charge in [0, 0.05) is 20.6 Å². The van der Waals surface area contributed by atoms with Crippen LogP contribution in [0.1, 0.15) is 70.9 Å². The first-order chi connectivity index (χ1) is 9.52. The summed E-state index contributed by atoms with van der Waals surface area (Å²) in [6.07, 6.45) is 5.80. The molecular formula is C17H25Br2N. The number of benzene rings is 1. The molecule has 1 aliphatic heterocycles. The zero-order valence-corrected chi connectivity index (χ0v) is 16.1. The minimum atomic E-state index is 0.115. The maximum atomic E-state index is 3.99. The highest BCUT2D eigenvalue weighted by molar-refractivity contribution is 9.10. The van der Waals surface area contributed by atoms with Crippen molar-refractivity contribution < 1.29 is 0 Å². The van der Waals surface area contributed by atoms with Crippen LogP contribution in [-0.4, -0.2) is 3.93 Å². The number of hydrogen-bond acceptors (Lipinski definition) is 1. The summed E-state index contributed by atoms with van der Waals surface area (Å²) < 4.78 is 3.69. The molecule has 0 saturated carbocycles. The van der Waals surface area contributed by atoms with Gasteiger partial charge < -0.3 is 0 Å². The van der Waals surface area contributed by atoms with E-state index in [1.54, 1.807) is 0 Å². The van der Waals surface area contributed by atoms with Gasteiger partial charge in [-0.15, -0.1) is 0 Å². The number of hydrogen-bond donors (Lipinski definition) is 0. The largest absolute Gasteiger partial charge is 0.221 e. The Morgan fingerprint density at radius 3 is 2.05 bits per heavy atom. The van der Waals surface area contributed by atoms with E-state index in [4.69, 9.17) is 0 Å². The van der Waals surface area contributed by atoms with Crippen LogP contribution < -0.4 is 0 Å². The van der Waals surface area contributed by atoms with Crippen molar-refractivity contribution in [1.82, 2.24) is 3.93 Å². The number of fused-ring (bicyclic) bond motifs is 1. The van der Waals surface area contributed by atoms with Crippen LogP contribution in [0.4, 0.5) is 0 Å². The smallest absolute Gasteiger partial charge is 0.0575 e. The molecule has 1 aromatic carbocycles. The zero-order valence-electron chi connectivity index (χ0n) is 13.0. The lowest BCUT2D eigenvalue weighted by molar-refractivity contribution is 0.0924. The molecule has 1 unspecified atom stereocenters. The molecule has 1 aliphatic rings. The molecule has 112 valence electrons. The van der Waals surface area contributed by atoms with Gasteiger partial charge in [-0.05, 0) is 48.9 Å². The Labute approximate surface area is 140 Å². The van der Waals surface area contributed by atoms with Crippen LogP contribution in [0, 0.1) is 0 Å². The molecule has 0 bridgehead atoms. The van der Waals surface area contributed by atoms with Crippen LogP contribution in [0.15, 0.2) is 22.7 Å². The molecule has 1 atom stereocenters. The summed E-state index contributed by atoms with van der Waals surface area (Å²) in [4.78, 5) is 0. The normalized spacial score (nSPS) is 24.9. The summed E-state index contributed by atoms with van der Waals surface area (Å²) in [7, 11) is 0. The van der Waals surface area contributed by atoms with Gasteiger partial charge in [0.1, 0.15) is 0 Å². The maximum Gasteiger partial charge on any atom is 0.0575 e. The molecule has 1 aromatic rings. The monoisotopic (exact) mass is 401 g/mol. The fourth-order valence-corrected chi connectivity index (χ4v) is 5.66. The predicted octanol–water partition coefficient (Wildman–Crippen LogP) is 6.50. The first kappa shape index (κ1) is 16.5. The molecule has 0 spiro atoms. The van der Waals surface area contributed by atoms with E-state index in [9.17, 15) is 0 Å². The summed E-state index contributed by atoms with van der Waals surface area (Å²) in [5.74, 6) is 0. The molecule has 0 aliphatic carbocycles. The highest BCUT2D eigenvalue weighted by Gasteiger charge is 2.54. The van der Waals surface area contributed by atoms with Crippen molar-refractivity contribution in [3.8, 4) is 0 Å². The summed E-state index contributed by atoms with van der Waals surface area (Å²) >= 11 is 7.65. The second-order valence-corrected chi connectivity index (χ2v) is 7.47. The van der Waals surface area contributed by atoms with Gasteiger partial charge in [0.25, 0.3) is 0 Å². The summed E-state index contributed by atoms with van der Waals surface area (Å²) in [6, 6.07) is 6.87. The Morgan fingerprint density at radius 2 is 1.55 bits per heavy atom. The van der Waals surface area contributed by atoms with Gasteiger partial charge in [-0.3, -0.25) is 0 Å². The van der Waals surface area contributed by atoms with Crippen molar-refractivity contribution in [1.29, 1.82) is 0 Å². The third kappa shape index (κ3) is 2.12. The standard InChI is InChI=1S/C17H25Br2N/c1-5-11-17(8-4)14-10-9-13(18)12-15(14)16(6-2,7-3)20(17)19/h9-10,12H,5-8,11H2,1-4H3. The zero-order chi connectivity index (χ0) is 15.0. The average molecular weight is 403 g/mol. The molecule has 1 nitrogen and oxygen atoms in total. The van der Waals surface area contributed by atoms with Crippen LogP contribution in [0.25, 0.3) is 0 Å². The fourth-order valence-electron chi connectivity index (χ4n) is 3.99.